The number of hydrogen-bond acceptors (Lipinski definition) is 3. The number of aromatic nitrogens is 1. The first-order valence-electron chi connectivity index (χ1n) is 8.65. The lowest BCUT2D eigenvalue weighted by atomic mass is 9.94. The van der Waals surface area contributed by atoms with Crippen LogP contribution >= 0.6 is 0 Å². The van der Waals surface area contributed by atoms with Crippen molar-refractivity contribution in [2.24, 2.45) is 5.92 Å². The van der Waals surface area contributed by atoms with Gasteiger partial charge in [-0.3, -0.25) is 4.79 Å². The highest BCUT2D eigenvalue weighted by Gasteiger charge is 2.36. The summed E-state index contributed by atoms with van der Waals surface area (Å²) in [5, 5.41) is 11.5. The number of carboxylic acids is 1. The van der Waals surface area contributed by atoms with Crippen LogP contribution in [0.3, 0.4) is 0 Å². The molecule has 3 heterocycles. The summed E-state index contributed by atoms with van der Waals surface area (Å²) in [5.41, 5.74) is 4.63. The molecule has 2 aliphatic heterocycles. The van der Waals surface area contributed by atoms with Crippen LogP contribution in [-0.4, -0.2) is 23.7 Å². The van der Waals surface area contributed by atoms with E-state index in [1.54, 1.807) is 0 Å². The molecule has 1 aromatic rings. The van der Waals surface area contributed by atoms with E-state index in [1.165, 1.54) is 12.0 Å². The monoisotopic (exact) mass is 316 g/mol. The molecule has 3 rings (SSSR count). The molecule has 2 unspecified atom stereocenters. The summed E-state index contributed by atoms with van der Waals surface area (Å²) < 4.78 is 2.10. The number of nitrogens with one attached hydrogen (secondary N) is 1. The van der Waals surface area contributed by atoms with E-state index in [-0.39, 0.29) is 12.0 Å². The first-order chi connectivity index (χ1) is 11.2. The molecule has 5 heteroatoms. The number of pyridine rings is 1. The average molecular weight is 316 g/mol. The Bertz CT molecular complexity index is 573. The van der Waals surface area contributed by atoms with Gasteiger partial charge in [0.15, 0.2) is 0 Å². The standard InChI is InChI=1S/C18H25N3O2/c22-18(23)16-12-17-10-6-4-2-1-3-5-8-15-9-7-11-20(14-15)21(17)19-13-16/h1,3,7,9,11,14,16-17,19H,2,4-6,8,10,12-13H2/p+1/b3-1-. The molecule has 1 fully saturated rings. The van der Waals surface area contributed by atoms with Gasteiger partial charge in [-0.15, -0.1) is 5.12 Å². The van der Waals surface area contributed by atoms with Crippen LogP contribution in [0, 0.1) is 5.92 Å². The van der Waals surface area contributed by atoms with Crippen molar-refractivity contribution in [1.29, 1.82) is 0 Å². The predicted octanol–water partition coefficient (Wildman–Crippen LogP) is 1.95. The van der Waals surface area contributed by atoms with Crippen molar-refractivity contribution < 1.29 is 14.6 Å². The van der Waals surface area contributed by atoms with Crippen molar-refractivity contribution in [3.8, 4) is 0 Å². The minimum atomic E-state index is -0.693. The molecule has 0 spiro atoms. The zero-order valence-corrected chi connectivity index (χ0v) is 13.5. The molecule has 23 heavy (non-hydrogen) atoms. The van der Waals surface area contributed by atoms with Gasteiger partial charge in [-0.25, -0.2) is 0 Å². The molecule has 1 saturated heterocycles. The number of fused-ring (bicyclic) bond motifs is 4. The van der Waals surface area contributed by atoms with Crippen LogP contribution in [0.1, 0.15) is 44.1 Å². The van der Waals surface area contributed by atoms with Crippen LogP contribution in [0.4, 0.5) is 0 Å². The topological polar surface area (TPSA) is 56.5 Å². The summed E-state index contributed by atoms with van der Waals surface area (Å²) in [6.45, 7) is 0.491. The molecular formula is C18H26N3O2+. The Balaban J connectivity index is 1.83. The van der Waals surface area contributed by atoms with Crippen molar-refractivity contribution in [1.82, 2.24) is 5.43 Å². The van der Waals surface area contributed by atoms with Gasteiger partial charge in [-0.2, -0.15) is 5.43 Å². The third-order valence-electron chi connectivity index (χ3n) is 4.77. The van der Waals surface area contributed by atoms with Crippen LogP contribution in [0.25, 0.3) is 0 Å². The van der Waals surface area contributed by atoms with Crippen LogP contribution < -0.4 is 15.2 Å². The molecule has 2 N–H and O–H groups in total. The van der Waals surface area contributed by atoms with Gasteiger partial charge in [-0.1, -0.05) is 23.2 Å². The third-order valence-corrected chi connectivity index (χ3v) is 4.77. The minimum absolute atomic E-state index is 0.217. The van der Waals surface area contributed by atoms with Crippen LogP contribution in [0.5, 0.6) is 0 Å². The zero-order valence-electron chi connectivity index (χ0n) is 13.5. The number of nitrogens with zero attached hydrogens (tertiary/aromatic N) is 2. The lowest BCUT2D eigenvalue weighted by molar-refractivity contribution is -0.706. The summed E-state index contributed by atoms with van der Waals surface area (Å²) in [6, 6.07) is 4.44. The molecule has 2 atom stereocenters. The molecule has 2 aliphatic rings. The lowest BCUT2D eigenvalue weighted by Gasteiger charge is -2.34. The highest BCUT2D eigenvalue weighted by Crippen LogP contribution is 2.19. The van der Waals surface area contributed by atoms with Gasteiger partial charge in [0.25, 0.3) is 0 Å². The number of hydrazine groups is 1. The first-order valence-corrected chi connectivity index (χ1v) is 8.65. The largest absolute Gasteiger partial charge is 0.481 e. The molecular weight excluding hydrogens is 290 g/mol. The van der Waals surface area contributed by atoms with E-state index < -0.39 is 5.97 Å². The highest BCUT2D eigenvalue weighted by molar-refractivity contribution is 5.70. The molecule has 124 valence electrons. The van der Waals surface area contributed by atoms with Gasteiger partial charge in [0.2, 0.25) is 12.4 Å². The van der Waals surface area contributed by atoms with Crippen molar-refractivity contribution >= 4 is 5.97 Å². The maximum absolute atomic E-state index is 11.4. The van der Waals surface area contributed by atoms with E-state index in [1.807, 2.05) is 6.20 Å². The lowest BCUT2D eigenvalue weighted by Crippen LogP contribution is -2.72. The third kappa shape index (κ3) is 4.10. The summed E-state index contributed by atoms with van der Waals surface area (Å²) in [6.07, 6.45) is 16.0. The van der Waals surface area contributed by atoms with E-state index >= 15 is 0 Å². The molecule has 0 saturated carbocycles. The fourth-order valence-corrected chi connectivity index (χ4v) is 3.46. The Morgan fingerprint density at radius 2 is 2.17 bits per heavy atom. The number of allylic oxidation sites excluding steroid dienone is 2. The number of rotatable bonds is 1. The molecule has 0 aromatic carbocycles. The molecule has 5 nitrogen and oxygen atoms in total. The first kappa shape index (κ1) is 16.0. The molecule has 0 aliphatic carbocycles. The van der Waals surface area contributed by atoms with Crippen molar-refractivity contribution in [2.45, 2.75) is 51.0 Å². The predicted molar refractivity (Wildman–Crippen MR) is 88.3 cm³/mol. The molecule has 0 amide bonds. The fraction of sp³-hybridized carbons (Fsp3) is 0.556. The van der Waals surface area contributed by atoms with Gasteiger partial charge in [-0.05, 0) is 44.6 Å². The van der Waals surface area contributed by atoms with Gasteiger partial charge in [0, 0.05) is 18.2 Å². The second-order valence-electron chi connectivity index (χ2n) is 6.52. The minimum Gasteiger partial charge on any atom is -0.481 e. The number of carbonyl (C=O) groups is 1. The number of aliphatic carboxylic acids is 1. The quantitative estimate of drug-likeness (QED) is 0.614. The van der Waals surface area contributed by atoms with E-state index in [4.69, 9.17) is 0 Å². The van der Waals surface area contributed by atoms with Crippen LogP contribution in [0.15, 0.2) is 36.7 Å². The van der Waals surface area contributed by atoms with Gasteiger partial charge in [0.05, 0.1) is 5.92 Å². The number of aryl methyl sites for hydroxylation is 1. The SMILES string of the molecule is O=C(O)C1CNN2C(CCCC/C=C\CCc3ccc[n+]2c3)C1. The highest BCUT2D eigenvalue weighted by atomic mass is 16.4. The van der Waals surface area contributed by atoms with E-state index in [0.29, 0.717) is 13.0 Å². The van der Waals surface area contributed by atoms with E-state index in [0.717, 1.165) is 32.1 Å². The van der Waals surface area contributed by atoms with Crippen molar-refractivity contribution in [3.05, 3.63) is 42.2 Å². The Morgan fingerprint density at radius 3 is 3.04 bits per heavy atom. The van der Waals surface area contributed by atoms with Gasteiger partial charge in [0.1, 0.15) is 6.04 Å². The second kappa shape index (κ2) is 7.59. The van der Waals surface area contributed by atoms with Crippen molar-refractivity contribution in [2.75, 3.05) is 11.7 Å². The number of hydrogen-bond donors (Lipinski definition) is 2. The summed E-state index contributed by atoms with van der Waals surface area (Å²) in [5.74, 6) is -0.989. The molecule has 1 aromatic heterocycles. The van der Waals surface area contributed by atoms with E-state index in [2.05, 4.69) is 45.7 Å². The van der Waals surface area contributed by atoms with Crippen LogP contribution in [0.2, 0.25) is 0 Å². The second-order valence-corrected chi connectivity index (χ2v) is 6.52. The Hall–Kier alpha value is -1.88. The summed E-state index contributed by atoms with van der Waals surface area (Å²) >= 11 is 0. The fourth-order valence-electron chi connectivity index (χ4n) is 3.46. The average Bonchev–Trinajstić information content (AvgIpc) is 2.57. The summed E-state index contributed by atoms with van der Waals surface area (Å²) in [7, 11) is 0. The Labute approximate surface area is 137 Å². The van der Waals surface area contributed by atoms with Gasteiger partial charge >= 0.3 is 5.97 Å². The maximum Gasteiger partial charge on any atom is 0.307 e. The Morgan fingerprint density at radius 1 is 1.30 bits per heavy atom. The summed E-state index contributed by atoms with van der Waals surface area (Å²) in [4.78, 5) is 11.4. The van der Waals surface area contributed by atoms with Crippen LogP contribution in [-0.2, 0) is 11.2 Å². The maximum atomic E-state index is 11.4. The normalized spacial score (nSPS) is 27.0. The van der Waals surface area contributed by atoms with Crippen molar-refractivity contribution in [3.63, 3.8) is 0 Å². The number of carboxylic acid groups (broad SMARTS) is 1. The van der Waals surface area contributed by atoms with E-state index in [9.17, 15) is 9.90 Å². The smallest absolute Gasteiger partial charge is 0.307 e. The zero-order chi connectivity index (χ0) is 16.1. The Kier molecular flexibility index (Phi) is 5.28. The molecule has 0 radical (unpaired) electrons. The molecule has 2 bridgehead atoms. The van der Waals surface area contributed by atoms with Gasteiger partial charge < -0.3 is 5.11 Å².